The van der Waals surface area contributed by atoms with E-state index in [0.29, 0.717) is 11.4 Å². The van der Waals surface area contributed by atoms with E-state index in [9.17, 15) is 4.79 Å². The van der Waals surface area contributed by atoms with Gasteiger partial charge in [-0.25, -0.2) is 4.79 Å². The van der Waals surface area contributed by atoms with Gasteiger partial charge >= 0.3 is 5.97 Å². The average Bonchev–Trinajstić information content (AvgIpc) is 3.16. The second-order valence-electron chi connectivity index (χ2n) is 4.86. The Kier molecular flexibility index (Phi) is 3.92. The van der Waals surface area contributed by atoms with Crippen molar-refractivity contribution in [3.8, 4) is 11.5 Å². The van der Waals surface area contributed by atoms with Gasteiger partial charge in [-0.3, -0.25) is 10.5 Å². The number of aromatic nitrogens is 2. The summed E-state index contributed by atoms with van der Waals surface area (Å²) in [6.45, 7) is 1.87. The van der Waals surface area contributed by atoms with E-state index in [-0.39, 0.29) is 5.56 Å². The molecule has 0 saturated heterocycles. The monoisotopic (exact) mass is 310 g/mol. The summed E-state index contributed by atoms with van der Waals surface area (Å²) in [5, 5.41) is 19.8. The van der Waals surface area contributed by atoms with Crippen LogP contribution in [0.5, 0.6) is 0 Å². The predicted molar refractivity (Wildman–Crippen MR) is 85.6 cm³/mol. The number of nitrogens with zero attached hydrogens (tertiary/aromatic N) is 2. The minimum atomic E-state index is -0.961. The lowest BCUT2D eigenvalue weighted by atomic mass is 10.2. The first-order valence-electron chi connectivity index (χ1n) is 6.86. The van der Waals surface area contributed by atoms with Crippen molar-refractivity contribution in [2.45, 2.75) is 6.92 Å². The molecule has 3 aromatic rings. The molecule has 7 nitrogen and oxygen atoms in total. The minimum absolute atomic E-state index is 0.227. The fourth-order valence-electron chi connectivity index (χ4n) is 2.02. The van der Waals surface area contributed by atoms with Crippen molar-refractivity contribution in [2.24, 2.45) is 5.10 Å². The molecule has 2 aromatic heterocycles. The topological polar surface area (TPSA) is 104 Å². The van der Waals surface area contributed by atoms with Gasteiger partial charge in [-0.05, 0) is 43.3 Å². The molecule has 0 atom stereocenters. The summed E-state index contributed by atoms with van der Waals surface area (Å²) in [6, 6.07) is 10.0. The SMILES string of the molecule is Cc1ccc(-c2[nH]ncc2/C=N/Nc2ccc(C(=O)O)cc2)o1. The van der Waals surface area contributed by atoms with Gasteiger partial charge in [0.05, 0.1) is 23.7 Å². The standard InChI is InChI=1S/C16H14N4O3/c1-10-2-7-14(23-10)15-12(9-18-20-15)8-17-19-13-5-3-11(4-6-13)16(21)22/h2-9,19H,1H3,(H,18,20)(H,21,22)/b17-8+. The highest BCUT2D eigenvalue weighted by Crippen LogP contribution is 2.22. The molecule has 23 heavy (non-hydrogen) atoms. The number of anilines is 1. The van der Waals surface area contributed by atoms with E-state index in [2.05, 4.69) is 20.7 Å². The molecule has 0 fully saturated rings. The van der Waals surface area contributed by atoms with Crippen LogP contribution < -0.4 is 5.43 Å². The molecule has 3 rings (SSSR count). The summed E-state index contributed by atoms with van der Waals surface area (Å²) in [6.07, 6.45) is 3.26. The maximum absolute atomic E-state index is 10.8. The Bertz CT molecular complexity index is 846. The van der Waals surface area contributed by atoms with Crippen LogP contribution in [0, 0.1) is 6.92 Å². The average molecular weight is 310 g/mol. The third kappa shape index (κ3) is 3.29. The summed E-state index contributed by atoms with van der Waals surface area (Å²) >= 11 is 0. The van der Waals surface area contributed by atoms with Gasteiger partial charge in [0, 0.05) is 5.56 Å². The molecule has 1 aromatic carbocycles. The molecule has 0 aliphatic rings. The molecule has 0 unspecified atom stereocenters. The summed E-state index contributed by atoms with van der Waals surface area (Å²) in [5.41, 5.74) is 5.26. The fraction of sp³-hybridized carbons (Fsp3) is 0.0625. The number of aromatic amines is 1. The number of benzene rings is 1. The van der Waals surface area contributed by atoms with Gasteiger partial charge in [-0.2, -0.15) is 10.2 Å². The summed E-state index contributed by atoms with van der Waals surface area (Å²) < 4.78 is 5.56. The Morgan fingerprint density at radius 3 is 2.74 bits per heavy atom. The van der Waals surface area contributed by atoms with Gasteiger partial charge in [-0.1, -0.05) is 0 Å². The van der Waals surface area contributed by atoms with Crippen LogP contribution in [0.3, 0.4) is 0 Å². The van der Waals surface area contributed by atoms with Crippen LogP contribution in [0.1, 0.15) is 21.7 Å². The Hall–Kier alpha value is -3.35. The van der Waals surface area contributed by atoms with Crippen LogP contribution in [0.2, 0.25) is 0 Å². The molecule has 0 aliphatic carbocycles. The highest BCUT2D eigenvalue weighted by molar-refractivity contribution is 5.89. The van der Waals surface area contributed by atoms with E-state index in [1.54, 1.807) is 24.5 Å². The summed E-state index contributed by atoms with van der Waals surface area (Å²) in [4.78, 5) is 10.8. The molecule has 3 N–H and O–H groups in total. The molecule has 0 bridgehead atoms. The Balaban J connectivity index is 1.71. The largest absolute Gasteiger partial charge is 0.478 e. The maximum atomic E-state index is 10.8. The Morgan fingerprint density at radius 1 is 1.30 bits per heavy atom. The van der Waals surface area contributed by atoms with Crippen LogP contribution in [-0.2, 0) is 0 Å². The third-order valence-corrected chi connectivity index (χ3v) is 3.18. The lowest BCUT2D eigenvalue weighted by Crippen LogP contribution is -1.96. The fourth-order valence-corrected chi connectivity index (χ4v) is 2.02. The number of aryl methyl sites for hydroxylation is 1. The van der Waals surface area contributed by atoms with Crippen LogP contribution in [-0.4, -0.2) is 27.5 Å². The van der Waals surface area contributed by atoms with Gasteiger partial charge < -0.3 is 9.52 Å². The number of H-pyrrole nitrogens is 1. The lowest BCUT2D eigenvalue weighted by molar-refractivity contribution is 0.0697. The number of carbonyl (C=O) groups is 1. The molecular weight excluding hydrogens is 296 g/mol. The summed E-state index contributed by atoms with van der Waals surface area (Å²) in [5.74, 6) is 0.540. The van der Waals surface area contributed by atoms with Gasteiger partial charge in [0.1, 0.15) is 11.5 Å². The number of hydrogen-bond donors (Lipinski definition) is 3. The number of rotatable bonds is 5. The molecule has 0 radical (unpaired) electrons. The quantitative estimate of drug-likeness (QED) is 0.496. The maximum Gasteiger partial charge on any atom is 0.335 e. The van der Waals surface area contributed by atoms with E-state index in [1.165, 1.54) is 12.1 Å². The molecule has 0 saturated carbocycles. The normalized spacial score (nSPS) is 11.0. The predicted octanol–water partition coefficient (Wildman–Crippen LogP) is 3.12. The number of furan rings is 1. The van der Waals surface area contributed by atoms with Crippen molar-refractivity contribution in [3.05, 3.63) is 59.5 Å². The summed E-state index contributed by atoms with van der Waals surface area (Å²) in [7, 11) is 0. The Labute approximate surface area is 131 Å². The number of aromatic carboxylic acids is 1. The second kappa shape index (κ2) is 6.18. The van der Waals surface area contributed by atoms with Crippen molar-refractivity contribution in [3.63, 3.8) is 0 Å². The van der Waals surface area contributed by atoms with Crippen LogP contribution in [0.15, 0.2) is 52.1 Å². The van der Waals surface area contributed by atoms with Gasteiger partial charge in [0.2, 0.25) is 0 Å². The highest BCUT2D eigenvalue weighted by atomic mass is 16.4. The van der Waals surface area contributed by atoms with Crippen molar-refractivity contribution < 1.29 is 14.3 Å². The molecule has 0 spiro atoms. The van der Waals surface area contributed by atoms with E-state index < -0.39 is 5.97 Å². The molecule has 0 amide bonds. The molecule has 0 aliphatic heterocycles. The van der Waals surface area contributed by atoms with E-state index in [4.69, 9.17) is 9.52 Å². The van der Waals surface area contributed by atoms with Gasteiger partial charge in [0.15, 0.2) is 5.76 Å². The number of hydrazone groups is 1. The van der Waals surface area contributed by atoms with Gasteiger partial charge in [0.25, 0.3) is 0 Å². The van der Waals surface area contributed by atoms with Crippen molar-refractivity contribution >= 4 is 17.9 Å². The highest BCUT2D eigenvalue weighted by Gasteiger charge is 2.09. The minimum Gasteiger partial charge on any atom is -0.478 e. The van der Waals surface area contributed by atoms with E-state index >= 15 is 0 Å². The van der Waals surface area contributed by atoms with E-state index in [0.717, 1.165) is 17.0 Å². The number of carboxylic acids is 1. The van der Waals surface area contributed by atoms with Crippen LogP contribution in [0.4, 0.5) is 5.69 Å². The van der Waals surface area contributed by atoms with Crippen LogP contribution >= 0.6 is 0 Å². The smallest absolute Gasteiger partial charge is 0.335 e. The Morgan fingerprint density at radius 2 is 2.09 bits per heavy atom. The zero-order valence-corrected chi connectivity index (χ0v) is 12.3. The molecule has 116 valence electrons. The van der Waals surface area contributed by atoms with Crippen LogP contribution in [0.25, 0.3) is 11.5 Å². The number of carboxylic acid groups (broad SMARTS) is 1. The molecular formula is C16H14N4O3. The third-order valence-electron chi connectivity index (χ3n) is 3.18. The first kappa shape index (κ1) is 14.6. The first-order valence-corrected chi connectivity index (χ1v) is 6.86. The van der Waals surface area contributed by atoms with Gasteiger partial charge in [-0.15, -0.1) is 0 Å². The zero-order valence-electron chi connectivity index (χ0n) is 12.3. The zero-order chi connectivity index (χ0) is 16.2. The molecule has 2 heterocycles. The van der Waals surface area contributed by atoms with Crippen molar-refractivity contribution in [1.29, 1.82) is 0 Å². The van der Waals surface area contributed by atoms with E-state index in [1.807, 2.05) is 19.1 Å². The van der Waals surface area contributed by atoms with Crippen molar-refractivity contribution in [1.82, 2.24) is 10.2 Å². The number of hydrogen-bond acceptors (Lipinski definition) is 5. The second-order valence-corrected chi connectivity index (χ2v) is 4.86. The van der Waals surface area contributed by atoms with Crippen molar-refractivity contribution in [2.75, 3.05) is 5.43 Å². The first-order chi connectivity index (χ1) is 11.1. The lowest BCUT2D eigenvalue weighted by Gasteiger charge is -2.00. The molecule has 7 heteroatoms. The number of nitrogens with one attached hydrogen (secondary N) is 2.